The third-order valence-electron chi connectivity index (χ3n) is 3.59. The molecule has 1 atom stereocenters. The molecule has 0 bridgehead atoms. The van der Waals surface area contributed by atoms with Crippen LogP contribution >= 0.6 is 0 Å². The predicted molar refractivity (Wildman–Crippen MR) is 70.5 cm³/mol. The molecule has 0 aliphatic carbocycles. The zero-order valence-corrected chi connectivity index (χ0v) is 10.8. The summed E-state index contributed by atoms with van der Waals surface area (Å²) in [4.78, 5) is 0. The number of aryl methyl sites for hydroxylation is 1. The number of nitrogens with one attached hydrogen (secondary N) is 2. The highest BCUT2D eigenvalue weighted by Crippen LogP contribution is 2.33. The summed E-state index contributed by atoms with van der Waals surface area (Å²) in [5, 5.41) is 6.96. The Balaban J connectivity index is 1.78. The number of benzene rings is 1. The Bertz CT molecular complexity index is 428. The lowest BCUT2D eigenvalue weighted by atomic mass is 9.99. The summed E-state index contributed by atoms with van der Waals surface area (Å²) in [6.07, 6.45) is 1.04. The zero-order chi connectivity index (χ0) is 12.4. The number of hydrogen-bond donors (Lipinski definition) is 2. The molecule has 0 saturated carbocycles. The van der Waals surface area contributed by atoms with E-state index in [2.05, 4.69) is 29.7 Å². The first kappa shape index (κ1) is 11.8. The molecule has 1 aromatic carbocycles. The second kappa shape index (κ2) is 5.16. The minimum atomic E-state index is 0.514. The maximum absolute atomic E-state index is 5.65. The van der Waals surface area contributed by atoms with Gasteiger partial charge in [-0.25, -0.2) is 0 Å². The predicted octanol–water partition coefficient (Wildman–Crippen LogP) is 0.870. The topological polar surface area (TPSA) is 42.5 Å². The van der Waals surface area contributed by atoms with E-state index in [0.717, 1.165) is 37.6 Å². The summed E-state index contributed by atoms with van der Waals surface area (Å²) in [7, 11) is 0. The van der Waals surface area contributed by atoms with Gasteiger partial charge in [-0.2, -0.15) is 0 Å². The lowest BCUT2D eigenvalue weighted by Crippen LogP contribution is -2.49. The van der Waals surface area contributed by atoms with Gasteiger partial charge < -0.3 is 20.1 Å². The SMILES string of the molecule is Cc1cc2c(cc1CC1CNCCN1)OCCO2. The quantitative estimate of drug-likeness (QED) is 0.815. The van der Waals surface area contributed by atoms with Gasteiger partial charge in [0.05, 0.1) is 0 Å². The maximum Gasteiger partial charge on any atom is 0.161 e. The van der Waals surface area contributed by atoms with Crippen LogP contribution in [0.1, 0.15) is 11.1 Å². The molecule has 2 aliphatic rings. The Morgan fingerprint density at radius 2 is 1.94 bits per heavy atom. The molecule has 0 amide bonds. The van der Waals surface area contributed by atoms with Gasteiger partial charge in [-0.15, -0.1) is 0 Å². The number of rotatable bonds is 2. The molecule has 1 fully saturated rings. The van der Waals surface area contributed by atoms with Crippen LogP contribution in [0, 0.1) is 6.92 Å². The van der Waals surface area contributed by atoms with Crippen LogP contribution in [0.15, 0.2) is 12.1 Å². The second-order valence-corrected chi connectivity index (χ2v) is 4.98. The Morgan fingerprint density at radius 1 is 1.17 bits per heavy atom. The molecule has 4 heteroatoms. The van der Waals surface area contributed by atoms with Crippen LogP contribution in [0.2, 0.25) is 0 Å². The van der Waals surface area contributed by atoms with E-state index in [1.807, 2.05) is 0 Å². The van der Waals surface area contributed by atoms with E-state index in [0.29, 0.717) is 19.3 Å². The van der Waals surface area contributed by atoms with Gasteiger partial charge >= 0.3 is 0 Å². The molecule has 0 radical (unpaired) electrons. The summed E-state index contributed by atoms with van der Waals surface area (Å²) in [6, 6.07) is 4.75. The summed E-state index contributed by atoms with van der Waals surface area (Å²) in [6.45, 7) is 6.60. The van der Waals surface area contributed by atoms with Crippen LogP contribution in [-0.2, 0) is 6.42 Å². The fourth-order valence-electron chi connectivity index (χ4n) is 2.58. The minimum absolute atomic E-state index is 0.514. The van der Waals surface area contributed by atoms with Crippen LogP contribution in [-0.4, -0.2) is 38.9 Å². The number of piperazine rings is 1. The van der Waals surface area contributed by atoms with Crippen molar-refractivity contribution in [2.24, 2.45) is 0 Å². The lowest BCUT2D eigenvalue weighted by molar-refractivity contribution is 0.171. The van der Waals surface area contributed by atoms with Gasteiger partial charge in [-0.05, 0) is 36.6 Å². The zero-order valence-electron chi connectivity index (χ0n) is 10.8. The van der Waals surface area contributed by atoms with Crippen LogP contribution in [0.25, 0.3) is 0 Å². The van der Waals surface area contributed by atoms with E-state index < -0.39 is 0 Å². The molecule has 1 saturated heterocycles. The van der Waals surface area contributed by atoms with Crippen LogP contribution in [0.3, 0.4) is 0 Å². The Kier molecular flexibility index (Phi) is 3.39. The van der Waals surface area contributed by atoms with Gasteiger partial charge in [0, 0.05) is 25.7 Å². The molecular weight excluding hydrogens is 228 g/mol. The largest absolute Gasteiger partial charge is 0.486 e. The van der Waals surface area contributed by atoms with Crippen molar-refractivity contribution in [1.82, 2.24) is 10.6 Å². The Morgan fingerprint density at radius 3 is 2.67 bits per heavy atom. The first-order chi connectivity index (χ1) is 8.83. The van der Waals surface area contributed by atoms with Crippen molar-refractivity contribution in [3.8, 4) is 11.5 Å². The molecule has 98 valence electrons. The summed E-state index contributed by atoms with van der Waals surface area (Å²) in [5.74, 6) is 1.78. The van der Waals surface area contributed by atoms with Crippen molar-refractivity contribution < 1.29 is 9.47 Å². The normalized spacial score (nSPS) is 22.8. The van der Waals surface area contributed by atoms with Gasteiger partial charge in [0.2, 0.25) is 0 Å². The van der Waals surface area contributed by atoms with E-state index in [-0.39, 0.29) is 0 Å². The summed E-state index contributed by atoms with van der Waals surface area (Å²) < 4.78 is 11.2. The van der Waals surface area contributed by atoms with Gasteiger partial charge in [-0.3, -0.25) is 0 Å². The highest BCUT2D eigenvalue weighted by Gasteiger charge is 2.18. The van der Waals surface area contributed by atoms with E-state index in [4.69, 9.17) is 9.47 Å². The molecule has 18 heavy (non-hydrogen) atoms. The van der Waals surface area contributed by atoms with E-state index in [1.54, 1.807) is 0 Å². The molecule has 3 rings (SSSR count). The first-order valence-electron chi connectivity index (χ1n) is 6.66. The average molecular weight is 248 g/mol. The van der Waals surface area contributed by atoms with Gasteiger partial charge in [0.1, 0.15) is 13.2 Å². The molecule has 0 spiro atoms. The number of fused-ring (bicyclic) bond motifs is 1. The van der Waals surface area contributed by atoms with Crippen LogP contribution < -0.4 is 20.1 Å². The van der Waals surface area contributed by atoms with E-state index in [9.17, 15) is 0 Å². The molecule has 0 aromatic heterocycles. The maximum atomic E-state index is 5.65. The number of ether oxygens (including phenoxy) is 2. The summed E-state index contributed by atoms with van der Waals surface area (Å²) in [5.41, 5.74) is 2.63. The fraction of sp³-hybridized carbons (Fsp3) is 0.571. The molecular formula is C14H20N2O2. The average Bonchev–Trinajstić information content (AvgIpc) is 2.41. The minimum Gasteiger partial charge on any atom is -0.486 e. The van der Waals surface area contributed by atoms with E-state index >= 15 is 0 Å². The van der Waals surface area contributed by atoms with Crippen molar-refractivity contribution in [2.75, 3.05) is 32.8 Å². The lowest BCUT2D eigenvalue weighted by Gasteiger charge is -2.26. The van der Waals surface area contributed by atoms with Gasteiger partial charge in [-0.1, -0.05) is 0 Å². The Hall–Kier alpha value is -1.26. The van der Waals surface area contributed by atoms with Crippen molar-refractivity contribution in [2.45, 2.75) is 19.4 Å². The first-order valence-corrected chi connectivity index (χ1v) is 6.66. The van der Waals surface area contributed by atoms with Crippen molar-refractivity contribution >= 4 is 0 Å². The van der Waals surface area contributed by atoms with E-state index in [1.165, 1.54) is 11.1 Å². The van der Waals surface area contributed by atoms with Crippen molar-refractivity contribution in [3.05, 3.63) is 23.3 Å². The monoisotopic (exact) mass is 248 g/mol. The standard InChI is InChI=1S/C14H20N2O2/c1-10-6-13-14(18-5-4-17-13)8-11(10)7-12-9-15-2-3-16-12/h6,8,12,15-16H,2-5,7,9H2,1H3. The fourth-order valence-corrected chi connectivity index (χ4v) is 2.58. The van der Waals surface area contributed by atoms with Gasteiger partial charge in [0.15, 0.2) is 11.5 Å². The molecule has 1 unspecified atom stereocenters. The molecule has 1 aromatic rings. The smallest absolute Gasteiger partial charge is 0.161 e. The molecule has 2 heterocycles. The molecule has 2 aliphatic heterocycles. The number of hydrogen-bond acceptors (Lipinski definition) is 4. The van der Waals surface area contributed by atoms with Crippen molar-refractivity contribution in [3.63, 3.8) is 0 Å². The highest BCUT2D eigenvalue weighted by atomic mass is 16.6. The third-order valence-corrected chi connectivity index (χ3v) is 3.59. The van der Waals surface area contributed by atoms with Gasteiger partial charge in [0.25, 0.3) is 0 Å². The van der Waals surface area contributed by atoms with Crippen LogP contribution in [0.5, 0.6) is 11.5 Å². The van der Waals surface area contributed by atoms with Crippen LogP contribution in [0.4, 0.5) is 0 Å². The third kappa shape index (κ3) is 2.44. The second-order valence-electron chi connectivity index (χ2n) is 4.98. The highest BCUT2D eigenvalue weighted by molar-refractivity contribution is 5.48. The molecule has 2 N–H and O–H groups in total. The molecule has 4 nitrogen and oxygen atoms in total. The van der Waals surface area contributed by atoms with Crippen molar-refractivity contribution in [1.29, 1.82) is 0 Å². The Labute approximate surface area is 108 Å². The summed E-state index contributed by atoms with van der Waals surface area (Å²) >= 11 is 0.